The van der Waals surface area contributed by atoms with Crippen molar-refractivity contribution in [2.45, 2.75) is 53.6 Å². The predicted octanol–water partition coefficient (Wildman–Crippen LogP) is 3.48. The smallest absolute Gasteiger partial charge is 0.0625 e. The first-order valence-corrected chi connectivity index (χ1v) is 4.74. The van der Waals surface area contributed by atoms with E-state index < -0.39 is 0 Å². The van der Waals surface area contributed by atoms with Crippen LogP contribution in [0.4, 0.5) is 0 Å². The monoisotopic (exact) mass is 172 g/mol. The third kappa shape index (κ3) is 4.10. The first-order valence-electron chi connectivity index (χ1n) is 4.74. The molecule has 1 nitrogen and oxygen atoms in total. The third-order valence-corrected chi connectivity index (χ3v) is 2.83. The quantitative estimate of drug-likeness (QED) is 0.633. The van der Waals surface area contributed by atoms with Gasteiger partial charge in [-0.3, -0.25) is 0 Å². The molecule has 0 fully saturated rings. The summed E-state index contributed by atoms with van der Waals surface area (Å²) in [5.41, 5.74) is 0.405. The zero-order chi connectivity index (χ0) is 9.99. The minimum Gasteiger partial charge on any atom is -0.379 e. The molecule has 12 heavy (non-hydrogen) atoms. The van der Waals surface area contributed by atoms with E-state index in [4.69, 9.17) is 4.74 Å². The molecule has 0 bridgehead atoms. The number of hydrogen-bond donors (Lipinski definition) is 0. The maximum Gasteiger partial charge on any atom is 0.0625 e. The molecule has 0 aliphatic heterocycles. The van der Waals surface area contributed by atoms with Crippen molar-refractivity contribution in [1.29, 1.82) is 0 Å². The van der Waals surface area contributed by atoms with Crippen LogP contribution in [0.15, 0.2) is 0 Å². The zero-order valence-electron chi connectivity index (χ0n) is 9.69. The highest BCUT2D eigenvalue weighted by Crippen LogP contribution is 2.32. The Labute approximate surface area is 77.5 Å². The van der Waals surface area contributed by atoms with Crippen molar-refractivity contribution in [3.63, 3.8) is 0 Å². The van der Waals surface area contributed by atoms with Gasteiger partial charge in [0.1, 0.15) is 0 Å². The highest BCUT2D eigenvalue weighted by Gasteiger charge is 2.27. The second-order valence-corrected chi connectivity index (χ2v) is 5.44. The van der Waals surface area contributed by atoms with Gasteiger partial charge in [-0.15, -0.1) is 0 Å². The van der Waals surface area contributed by atoms with Crippen LogP contribution in [0.3, 0.4) is 0 Å². The van der Waals surface area contributed by atoms with Crippen molar-refractivity contribution < 1.29 is 4.74 Å². The molecule has 0 heterocycles. The second-order valence-electron chi connectivity index (χ2n) is 5.44. The van der Waals surface area contributed by atoms with Crippen LogP contribution >= 0.6 is 0 Å². The van der Waals surface area contributed by atoms with E-state index in [1.807, 2.05) is 0 Å². The average molecular weight is 172 g/mol. The molecule has 0 aliphatic rings. The highest BCUT2D eigenvalue weighted by atomic mass is 16.5. The maximum absolute atomic E-state index is 5.40. The zero-order valence-corrected chi connectivity index (χ0v) is 9.69. The Kier molecular flexibility index (Phi) is 3.77. The number of hydrogen-bond acceptors (Lipinski definition) is 1. The molecule has 0 N–H and O–H groups in total. The van der Waals surface area contributed by atoms with Crippen LogP contribution in [-0.4, -0.2) is 12.7 Å². The van der Waals surface area contributed by atoms with Gasteiger partial charge in [-0.1, -0.05) is 27.7 Å². The molecule has 74 valence electrons. The number of methoxy groups -OCH3 is 1. The molecule has 1 atom stereocenters. The van der Waals surface area contributed by atoms with Gasteiger partial charge in [0.15, 0.2) is 0 Å². The summed E-state index contributed by atoms with van der Waals surface area (Å²) in [5.74, 6) is 0.687. The molecule has 0 rings (SSSR count). The molecule has 0 saturated carbocycles. The minimum atomic E-state index is 0.0205. The fourth-order valence-corrected chi connectivity index (χ4v) is 1.13. The van der Waals surface area contributed by atoms with E-state index in [-0.39, 0.29) is 5.60 Å². The Hall–Kier alpha value is -0.0400. The molecule has 0 aromatic heterocycles. The molecule has 0 spiro atoms. The van der Waals surface area contributed by atoms with Crippen LogP contribution in [-0.2, 0) is 4.74 Å². The Bertz CT molecular complexity index is 130. The van der Waals surface area contributed by atoms with E-state index in [9.17, 15) is 0 Å². The van der Waals surface area contributed by atoms with Crippen molar-refractivity contribution in [1.82, 2.24) is 0 Å². The number of rotatable bonds is 3. The van der Waals surface area contributed by atoms with E-state index >= 15 is 0 Å². The highest BCUT2D eigenvalue weighted by molar-refractivity contribution is 4.78. The third-order valence-electron chi connectivity index (χ3n) is 2.83. The second kappa shape index (κ2) is 3.78. The van der Waals surface area contributed by atoms with Gasteiger partial charge in [-0.05, 0) is 31.6 Å². The largest absolute Gasteiger partial charge is 0.379 e. The Morgan fingerprint density at radius 3 is 1.75 bits per heavy atom. The topological polar surface area (TPSA) is 9.23 Å². The van der Waals surface area contributed by atoms with E-state index in [0.717, 1.165) is 6.42 Å². The summed E-state index contributed by atoms with van der Waals surface area (Å²) in [4.78, 5) is 0. The van der Waals surface area contributed by atoms with Gasteiger partial charge in [0.25, 0.3) is 0 Å². The van der Waals surface area contributed by atoms with E-state index in [1.165, 1.54) is 0 Å². The molecular weight excluding hydrogens is 148 g/mol. The van der Waals surface area contributed by atoms with Crippen molar-refractivity contribution in [2.24, 2.45) is 11.3 Å². The van der Waals surface area contributed by atoms with Crippen LogP contribution in [0.2, 0.25) is 0 Å². The van der Waals surface area contributed by atoms with Crippen LogP contribution in [0, 0.1) is 11.3 Å². The Morgan fingerprint density at radius 1 is 1.08 bits per heavy atom. The van der Waals surface area contributed by atoms with Crippen LogP contribution in [0.25, 0.3) is 0 Å². The van der Waals surface area contributed by atoms with Crippen LogP contribution in [0.5, 0.6) is 0 Å². The van der Waals surface area contributed by atoms with Crippen molar-refractivity contribution in [2.75, 3.05) is 7.11 Å². The van der Waals surface area contributed by atoms with Crippen LogP contribution in [0.1, 0.15) is 48.0 Å². The SMILES string of the molecule is COC(C)(C)CC(C)C(C)(C)C. The van der Waals surface area contributed by atoms with Gasteiger partial charge >= 0.3 is 0 Å². The summed E-state index contributed by atoms with van der Waals surface area (Å²) in [5, 5.41) is 0. The lowest BCUT2D eigenvalue weighted by Crippen LogP contribution is -2.30. The standard InChI is InChI=1S/C11H24O/c1-9(10(2,3)4)8-11(5,6)12-7/h9H,8H2,1-7H3. The first kappa shape index (κ1) is 12.0. The molecule has 0 radical (unpaired) electrons. The Balaban J connectivity index is 4.09. The molecule has 0 saturated heterocycles. The summed E-state index contributed by atoms with van der Waals surface area (Å²) in [6, 6.07) is 0. The van der Waals surface area contributed by atoms with E-state index in [2.05, 4.69) is 41.5 Å². The van der Waals surface area contributed by atoms with Crippen LogP contribution < -0.4 is 0 Å². The predicted molar refractivity (Wildman–Crippen MR) is 54.3 cm³/mol. The molecule has 1 heteroatoms. The molecular formula is C11H24O. The first-order chi connectivity index (χ1) is 5.19. The van der Waals surface area contributed by atoms with E-state index in [0.29, 0.717) is 11.3 Å². The molecule has 0 aromatic rings. The summed E-state index contributed by atoms with van der Waals surface area (Å²) in [6.45, 7) is 13.4. The van der Waals surface area contributed by atoms with Crippen molar-refractivity contribution >= 4 is 0 Å². The lowest BCUT2D eigenvalue weighted by Gasteiger charge is -2.34. The molecule has 0 aliphatic carbocycles. The van der Waals surface area contributed by atoms with Gasteiger partial charge in [-0.2, -0.15) is 0 Å². The normalized spacial score (nSPS) is 16.2. The van der Waals surface area contributed by atoms with Gasteiger partial charge in [0, 0.05) is 7.11 Å². The lowest BCUT2D eigenvalue weighted by molar-refractivity contribution is -0.00979. The summed E-state index contributed by atoms with van der Waals surface area (Å²) in [6.07, 6.45) is 1.12. The van der Waals surface area contributed by atoms with Gasteiger partial charge in [0.2, 0.25) is 0 Å². The van der Waals surface area contributed by atoms with Crippen molar-refractivity contribution in [3.05, 3.63) is 0 Å². The molecule has 0 amide bonds. The summed E-state index contributed by atoms with van der Waals surface area (Å²) >= 11 is 0. The van der Waals surface area contributed by atoms with E-state index in [1.54, 1.807) is 7.11 Å². The number of ether oxygens (including phenoxy) is 1. The minimum absolute atomic E-state index is 0.0205. The molecule has 0 aromatic carbocycles. The van der Waals surface area contributed by atoms with Crippen molar-refractivity contribution in [3.8, 4) is 0 Å². The maximum atomic E-state index is 5.40. The Morgan fingerprint density at radius 2 is 1.50 bits per heavy atom. The summed E-state index contributed by atoms with van der Waals surface area (Å²) < 4.78 is 5.40. The van der Waals surface area contributed by atoms with Gasteiger partial charge in [-0.25, -0.2) is 0 Å². The van der Waals surface area contributed by atoms with Gasteiger partial charge < -0.3 is 4.74 Å². The van der Waals surface area contributed by atoms with Gasteiger partial charge in [0.05, 0.1) is 5.60 Å². The fraction of sp³-hybridized carbons (Fsp3) is 1.00. The fourth-order valence-electron chi connectivity index (χ4n) is 1.13. The average Bonchev–Trinajstić information content (AvgIpc) is 1.85. The molecule has 1 unspecified atom stereocenters. The lowest BCUT2D eigenvalue weighted by atomic mass is 9.76. The summed E-state index contributed by atoms with van der Waals surface area (Å²) in [7, 11) is 1.79.